The number of carbonyl (C=O) groups excluding carboxylic acids is 5. The SMILES string of the molecule is CN1CCN(c2cccc(Nc3cnc(-c4ccnc5c4ccn5C)c4c3C(=O)NC4)n2)CC1.CN1C[C@H](c2ccc(Nc3ccc(-c4cnc5cnccn45)c4c3C(=O)NC4)nc2)CCC1=O.O=C1NCc2c(-c3cnc4cnccn34)ccc(Nc3ccc(N4CCC[C@@H](O)CC4)cn3)c21.O=C1NCc2c(-c3cnc4cnccn34)ccc(Nc3ccc(N4CCC[C@H](O)CC4)cn3)c21. The predicted molar refractivity (Wildman–Crippen MR) is 517 cm³/mol. The molecule has 136 heavy (non-hydrogen) atoms. The standard InChI is InChI=1S/C25H26N8O.C25H23N7O2.2C25H25N7O2/c1-31-10-12-33(13-11-31)21-5-3-4-20(30-21)29-19-15-27-23(18-14-28-25(34)22(18)19)16-6-8-26-24-17(16)7-9-32(24)2;1-31-14-16(3-7-23(31)33)15-2-6-21(27-10-15)30-19-5-4-17(18-11-29-25(34)24(18)19)20-12-28-22-13-26-8-9-32(20)22;2*33-17-2-1-9-31(10-7-17)16-3-6-22(27-12-16)30-20-5-4-18(19-13-29-25(34)24(19)20)21-14-28-23-15-26-8-11-32(21)23/h3-9,15H,10-14H2,1-2H3,(H,28,34)(H,29,30);2,4-6,8-10,12-13,16H,3,7,11,14H2,1H3,(H,27,30)(H,29,34);2*3-6,8,11-12,14-15,17,33H,1-2,7,9-10,13H2,(H,27,30)(H,29,34)/t;16-;2*17-/m.110/s1. The topological polar surface area (TPSA) is 411 Å². The zero-order valence-corrected chi connectivity index (χ0v) is 75.1. The number of aryl methyl sites for hydroxylation is 1. The highest BCUT2D eigenvalue weighted by atomic mass is 16.3. The molecular weight excluding hydrogens is 1720 g/mol. The first-order valence-corrected chi connectivity index (χ1v) is 45.8. The molecule has 0 radical (unpaired) electrons. The summed E-state index contributed by atoms with van der Waals surface area (Å²) in [7, 11) is 5.95. The van der Waals surface area contributed by atoms with Crippen LogP contribution in [0.2, 0.25) is 0 Å². The molecule has 0 bridgehead atoms. The highest BCUT2D eigenvalue weighted by Gasteiger charge is 2.35. The fourth-order valence-electron chi connectivity index (χ4n) is 19.4. The third-order valence-corrected chi connectivity index (χ3v) is 26.7. The Hall–Kier alpha value is -16.2. The van der Waals surface area contributed by atoms with Gasteiger partial charge in [-0.05, 0) is 147 Å². The average Bonchev–Trinajstić information content (AvgIpc) is 1.62. The van der Waals surface area contributed by atoms with Crippen LogP contribution in [0.3, 0.4) is 0 Å². The van der Waals surface area contributed by atoms with Crippen LogP contribution in [0.25, 0.3) is 73.0 Å². The average molecular weight is 1820 g/mol. The second kappa shape index (κ2) is 37.4. The van der Waals surface area contributed by atoms with Crippen molar-refractivity contribution in [3.05, 3.63) is 265 Å². The van der Waals surface area contributed by atoms with Gasteiger partial charge in [-0.15, -0.1) is 0 Å². The number of nitrogens with one attached hydrogen (secondary N) is 8. The Morgan fingerprint density at radius 1 is 0.382 bits per heavy atom. The number of piperidine rings is 1. The van der Waals surface area contributed by atoms with E-state index in [1.165, 1.54) is 0 Å². The number of pyridine rings is 6. The molecule has 4 saturated heterocycles. The molecule has 3 atom stereocenters. The number of benzene rings is 3. The molecule has 0 saturated carbocycles. The molecule has 3 aromatic carbocycles. The van der Waals surface area contributed by atoms with E-state index in [0.717, 1.165) is 227 Å². The maximum absolute atomic E-state index is 12.8. The smallest absolute Gasteiger partial charge is 0.254 e. The number of aromatic nitrogens is 16. The first-order chi connectivity index (χ1) is 66.5. The number of likely N-dealkylation sites (tertiary alicyclic amines) is 1. The molecule has 0 aliphatic carbocycles. The third kappa shape index (κ3) is 17.4. The highest BCUT2D eigenvalue weighted by molar-refractivity contribution is 6.09. The summed E-state index contributed by atoms with van der Waals surface area (Å²) < 4.78 is 7.90. The molecule has 686 valence electrons. The van der Waals surface area contributed by atoms with Crippen LogP contribution in [0.4, 0.5) is 63.2 Å². The van der Waals surface area contributed by atoms with E-state index in [-0.39, 0.29) is 41.7 Å². The van der Waals surface area contributed by atoms with Crippen molar-refractivity contribution in [1.29, 1.82) is 0 Å². The predicted octanol–water partition coefficient (Wildman–Crippen LogP) is 12.1. The zero-order valence-electron chi connectivity index (χ0n) is 75.1. The van der Waals surface area contributed by atoms with Crippen molar-refractivity contribution in [2.75, 3.05) is 109 Å². The van der Waals surface area contributed by atoms with Gasteiger partial charge in [0.25, 0.3) is 23.6 Å². The fourth-order valence-corrected chi connectivity index (χ4v) is 19.4. The normalized spacial score (nSPS) is 17.4. The highest BCUT2D eigenvalue weighted by Crippen LogP contribution is 2.42. The van der Waals surface area contributed by atoms with Crippen LogP contribution in [0.1, 0.15) is 127 Å². The minimum Gasteiger partial charge on any atom is -0.393 e. The van der Waals surface area contributed by atoms with E-state index in [9.17, 15) is 34.2 Å². The van der Waals surface area contributed by atoms with Crippen molar-refractivity contribution in [3.8, 4) is 45.0 Å². The van der Waals surface area contributed by atoms with Gasteiger partial charge < -0.3 is 81.8 Å². The molecule has 36 nitrogen and oxygen atoms in total. The van der Waals surface area contributed by atoms with Crippen LogP contribution in [0, 0.1) is 0 Å². The van der Waals surface area contributed by atoms with E-state index in [0.29, 0.717) is 102 Å². The summed E-state index contributed by atoms with van der Waals surface area (Å²) in [6.45, 7) is 9.94. The number of hydrogen-bond acceptors (Lipinski definition) is 27. The van der Waals surface area contributed by atoms with E-state index in [4.69, 9.17) is 9.97 Å². The number of carbonyl (C=O) groups is 5. The van der Waals surface area contributed by atoms with E-state index in [1.54, 1.807) is 60.7 Å². The first kappa shape index (κ1) is 86.5. The zero-order chi connectivity index (χ0) is 92.6. The number of amides is 5. The van der Waals surface area contributed by atoms with Gasteiger partial charge in [0.05, 0.1) is 147 Å². The number of nitrogens with zero attached hydrogens (tertiary/aromatic N) is 21. The van der Waals surface area contributed by atoms with Gasteiger partial charge in [0.1, 0.15) is 34.7 Å². The summed E-state index contributed by atoms with van der Waals surface area (Å²) in [4.78, 5) is 127. The Bertz CT molecular complexity index is 7060. The molecule has 0 unspecified atom stereocenters. The Kier molecular flexibility index (Phi) is 23.8. The molecule has 21 heterocycles. The molecule has 24 rings (SSSR count). The third-order valence-electron chi connectivity index (χ3n) is 26.7. The van der Waals surface area contributed by atoms with E-state index in [1.807, 2.05) is 191 Å². The van der Waals surface area contributed by atoms with Crippen LogP contribution in [-0.2, 0) is 38.0 Å². The second-order valence-electron chi connectivity index (χ2n) is 35.1. The van der Waals surface area contributed by atoms with Crippen LogP contribution < -0.4 is 57.2 Å². The number of aliphatic hydroxyl groups excluding tert-OH is 2. The van der Waals surface area contributed by atoms with Crippen molar-refractivity contribution in [3.63, 3.8) is 0 Å². The van der Waals surface area contributed by atoms with Gasteiger partial charge >= 0.3 is 0 Å². The summed E-state index contributed by atoms with van der Waals surface area (Å²) in [5.41, 5.74) is 22.8. The number of rotatable bonds is 16. The van der Waals surface area contributed by atoms with Gasteiger partial charge in [-0.25, -0.2) is 39.9 Å². The molecular formula is C100H99N29O7. The fraction of sp³-hybridized carbons (Fsp3) is 0.270. The lowest BCUT2D eigenvalue weighted by atomic mass is 9.91. The van der Waals surface area contributed by atoms with Gasteiger partial charge in [0, 0.05) is 200 Å². The van der Waals surface area contributed by atoms with E-state index in [2.05, 4.69) is 119 Å². The van der Waals surface area contributed by atoms with Gasteiger partial charge in [-0.3, -0.25) is 57.1 Å². The maximum atomic E-state index is 12.8. The van der Waals surface area contributed by atoms with Crippen molar-refractivity contribution in [2.45, 2.75) is 95.7 Å². The minimum absolute atomic E-state index is 0.102. The van der Waals surface area contributed by atoms with Crippen molar-refractivity contribution in [1.82, 2.24) is 109 Å². The number of likely N-dealkylation sites (N-methyl/N-ethyl adjacent to an activating group) is 2. The second-order valence-corrected chi connectivity index (χ2v) is 35.1. The molecule has 10 N–H and O–H groups in total. The lowest BCUT2D eigenvalue weighted by Gasteiger charge is -2.33. The monoisotopic (exact) mass is 1820 g/mol. The molecule has 36 heteroatoms. The summed E-state index contributed by atoms with van der Waals surface area (Å²) in [6.07, 6.45) is 38.6. The largest absolute Gasteiger partial charge is 0.393 e. The quantitative estimate of drug-likeness (QED) is 0.0429. The van der Waals surface area contributed by atoms with Crippen LogP contribution in [-0.4, -0.2) is 212 Å². The number of fused-ring (bicyclic) bond motifs is 8. The maximum Gasteiger partial charge on any atom is 0.254 e. The lowest BCUT2D eigenvalue weighted by Crippen LogP contribution is -2.44. The van der Waals surface area contributed by atoms with E-state index >= 15 is 0 Å². The molecule has 13 aromatic heterocycles. The van der Waals surface area contributed by atoms with Gasteiger partial charge in [0.15, 0.2) is 16.9 Å². The molecule has 16 aromatic rings. The van der Waals surface area contributed by atoms with Crippen LogP contribution in [0.5, 0.6) is 0 Å². The summed E-state index contributed by atoms with van der Waals surface area (Å²) in [6, 6.07) is 33.7. The van der Waals surface area contributed by atoms with Crippen molar-refractivity contribution >= 4 is 121 Å². The molecule has 8 aliphatic heterocycles. The summed E-state index contributed by atoms with van der Waals surface area (Å²) >= 11 is 0. The number of piperazine rings is 1. The lowest BCUT2D eigenvalue weighted by molar-refractivity contribution is -0.132. The number of aliphatic hydroxyl groups is 2. The number of anilines is 11. The number of hydrogen-bond donors (Lipinski definition) is 10. The Morgan fingerprint density at radius 3 is 1.34 bits per heavy atom. The molecule has 5 amide bonds. The minimum atomic E-state index is -0.215. The first-order valence-electron chi connectivity index (χ1n) is 45.8. The van der Waals surface area contributed by atoms with Crippen LogP contribution in [0.15, 0.2) is 215 Å². The van der Waals surface area contributed by atoms with Gasteiger partial charge in [-0.1, -0.05) is 30.3 Å². The van der Waals surface area contributed by atoms with Gasteiger partial charge in [-0.2, -0.15) is 0 Å². The molecule has 4 fully saturated rings. The molecule has 0 spiro atoms. The van der Waals surface area contributed by atoms with Crippen molar-refractivity contribution < 1.29 is 34.2 Å². The number of imidazole rings is 3. The van der Waals surface area contributed by atoms with Gasteiger partial charge in [0.2, 0.25) is 5.91 Å². The van der Waals surface area contributed by atoms with E-state index < -0.39 is 0 Å². The molecule has 8 aliphatic rings. The summed E-state index contributed by atoms with van der Waals surface area (Å²) in [5, 5.41) is 46.0. The Morgan fingerprint density at radius 2 is 0.860 bits per heavy atom. The Labute approximate surface area is 780 Å². The summed E-state index contributed by atoms with van der Waals surface area (Å²) in [5.74, 6) is 3.72. The van der Waals surface area contributed by atoms with Crippen molar-refractivity contribution in [2.24, 2.45) is 7.05 Å². The Balaban J connectivity index is 0.000000108. The van der Waals surface area contributed by atoms with Crippen LogP contribution >= 0.6 is 0 Å².